The number of nitrogens with one attached hydrogen (secondary N) is 2. The van der Waals surface area contributed by atoms with Crippen LogP contribution in [0.5, 0.6) is 0 Å². The fourth-order valence-electron chi connectivity index (χ4n) is 3.44. The molecule has 0 aliphatic heterocycles. The van der Waals surface area contributed by atoms with Crippen molar-refractivity contribution in [2.45, 2.75) is 44.7 Å². The highest BCUT2D eigenvalue weighted by Gasteiger charge is 2.38. The van der Waals surface area contributed by atoms with E-state index >= 15 is 0 Å². The first-order valence-electron chi connectivity index (χ1n) is 8.50. The molecule has 0 aromatic heterocycles. The summed E-state index contributed by atoms with van der Waals surface area (Å²) in [5.74, 6) is -0.0203. The number of fused-ring (bicyclic) bond motifs is 1. The van der Waals surface area contributed by atoms with Crippen LogP contribution in [-0.4, -0.2) is 42.4 Å². The lowest BCUT2D eigenvalue weighted by molar-refractivity contribution is -0.123. The lowest BCUT2D eigenvalue weighted by Gasteiger charge is -2.29. The molecule has 23 heavy (non-hydrogen) atoms. The second kappa shape index (κ2) is 7.13. The zero-order valence-corrected chi connectivity index (χ0v) is 13.7. The molecule has 5 nitrogen and oxygen atoms in total. The summed E-state index contributed by atoms with van der Waals surface area (Å²) in [6.07, 6.45) is 4.60. The molecular formula is C18H25N3O2. The molecule has 0 saturated heterocycles. The van der Waals surface area contributed by atoms with Gasteiger partial charge in [-0.1, -0.05) is 24.3 Å². The summed E-state index contributed by atoms with van der Waals surface area (Å²) in [4.78, 5) is 25.4. The van der Waals surface area contributed by atoms with E-state index in [9.17, 15) is 9.59 Å². The first kappa shape index (κ1) is 16.0. The van der Waals surface area contributed by atoms with E-state index in [1.165, 1.54) is 30.9 Å². The molecule has 2 N–H and O–H groups in total. The van der Waals surface area contributed by atoms with Crippen LogP contribution in [0.2, 0.25) is 0 Å². The number of amides is 2. The van der Waals surface area contributed by atoms with Crippen LogP contribution in [0.25, 0.3) is 0 Å². The Kier molecular flexibility index (Phi) is 4.96. The predicted octanol–water partition coefficient (Wildman–Crippen LogP) is 1.39. The van der Waals surface area contributed by atoms with Gasteiger partial charge >= 0.3 is 0 Å². The molecule has 1 atom stereocenters. The summed E-state index contributed by atoms with van der Waals surface area (Å²) in [6, 6.07) is 9.52. The Morgan fingerprint density at radius 2 is 1.87 bits per heavy atom. The van der Waals surface area contributed by atoms with Gasteiger partial charge in [-0.2, -0.15) is 0 Å². The van der Waals surface area contributed by atoms with E-state index < -0.39 is 0 Å². The van der Waals surface area contributed by atoms with Gasteiger partial charge in [0.1, 0.15) is 0 Å². The number of carbonyl (C=O) groups is 2. The van der Waals surface area contributed by atoms with Gasteiger partial charge in [0.15, 0.2) is 0 Å². The minimum Gasteiger partial charge on any atom is -0.355 e. The van der Waals surface area contributed by atoms with Crippen LogP contribution in [0, 0.1) is 0 Å². The van der Waals surface area contributed by atoms with E-state index in [4.69, 9.17) is 0 Å². The third kappa shape index (κ3) is 4.10. The molecule has 1 aromatic carbocycles. The molecule has 1 fully saturated rings. The van der Waals surface area contributed by atoms with Gasteiger partial charge < -0.3 is 10.6 Å². The Bertz CT molecular complexity index is 583. The number of rotatable bonds is 7. The van der Waals surface area contributed by atoms with Gasteiger partial charge in [0, 0.05) is 32.1 Å². The summed E-state index contributed by atoms with van der Waals surface area (Å²) < 4.78 is 0. The van der Waals surface area contributed by atoms with Gasteiger partial charge in [-0.05, 0) is 36.8 Å². The maximum absolute atomic E-state index is 12.2. The van der Waals surface area contributed by atoms with Crippen LogP contribution in [0.3, 0.4) is 0 Å². The second-order valence-corrected chi connectivity index (χ2v) is 6.49. The van der Waals surface area contributed by atoms with Crippen molar-refractivity contribution in [1.82, 2.24) is 15.5 Å². The van der Waals surface area contributed by atoms with Crippen molar-refractivity contribution in [2.75, 3.05) is 19.6 Å². The topological polar surface area (TPSA) is 61.4 Å². The van der Waals surface area contributed by atoms with E-state index in [2.05, 4.69) is 39.8 Å². The van der Waals surface area contributed by atoms with Crippen LogP contribution >= 0.6 is 0 Å². The minimum atomic E-state index is -0.0681. The molecule has 0 radical (unpaired) electrons. The predicted molar refractivity (Wildman–Crippen MR) is 88.9 cm³/mol. The van der Waals surface area contributed by atoms with Gasteiger partial charge in [0.05, 0.1) is 6.54 Å². The van der Waals surface area contributed by atoms with E-state index in [0.717, 1.165) is 12.8 Å². The Labute approximate surface area is 137 Å². The largest absolute Gasteiger partial charge is 0.355 e. The molecule has 2 aliphatic carbocycles. The van der Waals surface area contributed by atoms with Crippen LogP contribution in [-0.2, 0) is 16.0 Å². The van der Waals surface area contributed by atoms with Gasteiger partial charge in [-0.15, -0.1) is 0 Å². The van der Waals surface area contributed by atoms with Crippen LogP contribution in [0.1, 0.15) is 43.4 Å². The van der Waals surface area contributed by atoms with Gasteiger partial charge in [0.25, 0.3) is 0 Å². The monoisotopic (exact) mass is 315 g/mol. The average Bonchev–Trinajstić information content (AvgIpc) is 3.28. The maximum Gasteiger partial charge on any atom is 0.234 e. The van der Waals surface area contributed by atoms with Crippen LogP contribution in [0.15, 0.2) is 24.3 Å². The van der Waals surface area contributed by atoms with E-state index in [-0.39, 0.29) is 11.8 Å². The van der Waals surface area contributed by atoms with Crippen molar-refractivity contribution in [3.8, 4) is 0 Å². The summed E-state index contributed by atoms with van der Waals surface area (Å²) in [7, 11) is 0. The standard InChI is InChI=1S/C18H25N3O2/c1-13(22)19-10-11-20-18(23)12-21(15-7-8-15)17-9-6-14-4-2-3-5-16(14)17/h2-5,15,17H,6-12H2,1H3,(H,19,22)(H,20,23)/t17-/m1/s1. The lowest BCUT2D eigenvalue weighted by atomic mass is 10.1. The molecule has 3 rings (SSSR count). The summed E-state index contributed by atoms with van der Waals surface area (Å²) >= 11 is 0. The van der Waals surface area contributed by atoms with Gasteiger partial charge in [0.2, 0.25) is 11.8 Å². The number of carbonyl (C=O) groups excluding carboxylic acids is 2. The number of hydrogen-bond donors (Lipinski definition) is 2. The summed E-state index contributed by atoms with van der Waals surface area (Å²) in [6.45, 7) is 2.90. The minimum absolute atomic E-state index is 0.0478. The average molecular weight is 315 g/mol. The SMILES string of the molecule is CC(=O)NCCNC(=O)CN(C1CC1)[C@@H]1CCc2ccccc21. The first-order valence-corrected chi connectivity index (χ1v) is 8.50. The molecule has 1 saturated carbocycles. The highest BCUT2D eigenvalue weighted by molar-refractivity contribution is 5.78. The summed E-state index contributed by atoms with van der Waals surface area (Å²) in [5.41, 5.74) is 2.82. The third-order valence-corrected chi connectivity index (χ3v) is 4.66. The molecule has 2 aliphatic rings. The van der Waals surface area contributed by atoms with Crippen molar-refractivity contribution < 1.29 is 9.59 Å². The van der Waals surface area contributed by atoms with E-state index in [1.54, 1.807) is 0 Å². The molecule has 2 amide bonds. The van der Waals surface area contributed by atoms with Gasteiger partial charge in [-0.25, -0.2) is 0 Å². The molecule has 0 unspecified atom stereocenters. The van der Waals surface area contributed by atoms with Crippen molar-refractivity contribution >= 4 is 11.8 Å². The maximum atomic E-state index is 12.2. The normalized spacial score (nSPS) is 19.5. The van der Waals surface area contributed by atoms with Crippen molar-refractivity contribution in [3.63, 3.8) is 0 Å². The fourth-order valence-corrected chi connectivity index (χ4v) is 3.44. The van der Waals surface area contributed by atoms with E-state index in [1.807, 2.05) is 0 Å². The van der Waals surface area contributed by atoms with Crippen molar-refractivity contribution in [1.29, 1.82) is 0 Å². The highest BCUT2D eigenvalue weighted by Crippen LogP contribution is 2.41. The molecule has 1 aromatic rings. The Hall–Kier alpha value is -1.88. The van der Waals surface area contributed by atoms with Crippen LogP contribution in [0.4, 0.5) is 0 Å². The molecule has 124 valence electrons. The molecule has 0 heterocycles. The zero-order chi connectivity index (χ0) is 16.2. The highest BCUT2D eigenvalue weighted by atomic mass is 16.2. The Balaban J connectivity index is 1.56. The molecule has 0 bridgehead atoms. The quantitative estimate of drug-likeness (QED) is 0.748. The fraction of sp³-hybridized carbons (Fsp3) is 0.556. The Morgan fingerprint density at radius 3 is 2.61 bits per heavy atom. The van der Waals surface area contributed by atoms with Crippen molar-refractivity contribution in [2.24, 2.45) is 0 Å². The zero-order valence-electron chi connectivity index (χ0n) is 13.7. The number of aryl methyl sites for hydroxylation is 1. The number of hydrogen-bond acceptors (Lipinski definition) is 3. The molecular weight excluding hydrogens is 290 g/mol. The molecule has 0 spiro atoms. The first-order chi connectivity index (χ1) is 11.1. The van der Waals surface area contributed by atoms with Crippen molar-refractivity contribution in [3.05, 3.63) is 35.4 Å². The number of nitrogens with zero attached hydrogens (tertiary/aromatic N) is 1. The Morgan fingerprint density at radius 1 is 1.13 bits per heavy atom. The van der Waals surface area contributed by atoms with E-state index in [0.29, 0.717) is 31.7 Å². The lowest BCUT2D eigenvalue weighted by Crippen LogP contribution is -2.42. The third-order valence-electron chi connectivity index (χ3n) is 4.66. The molecule has 5 heteroatoms. The van der Waals surface area contributed by atoms with Gasteiger partial charge in [-0.3, -0.25) is 14.5 Å². The number of benzene rings is 1. The smallest absolute Gasteiger partial charge is 0.234 e. The van der Waals surface area contributed by atoms with Crippen LogP contribution < -0.4 is 10.6 Å². The summed E-state index contributed by atoms with van der Waals surface area (Å²) in [5, 5.41) is 5.59. The second-order valence-electron chi connectivity index (χ2n) is 6.49.